The molecule has 0 saturated carbocycles. The standard InChI is InChI=1S/C13H22N6O2S/c1-8-9(2)17-13(14)11-12(8)19(10(3)18-11)15-6-5-7-16-22(4,20)21/h15-16H,5-7H2,1-4H3,(H2,14,17). The molecule has 2 aromatic heterocycles. The van der Waals surface area contributed by atoms with Crippen LogP contribution in [0.2, 0.25) is 0 Å². The fourth-order valence-corrected chi connectivity index (χ4v) is 2.79. The van der Waals surface area contributed by atoms with E-state index in [2.05, 4.69) is 20.1 Å². The van der Waals surface area contributed by atoms with Crippen LogP contribution in [0.3, 0.4) is 0 Å². The summed E-state index contributed by atoms with van der Waals surface area (Å²) in [5.74, 6) is 1.20. The van der Waals surface area contributed by atoms with E-state index in [1.165, 1.54) is 0 Å². The van der Waals surface area contributed by atoms with Gasteiger partial charge in [-0.05, 0) is 32.8 Å². The molecule has 0 unspecified atom stereocenters. The second kappa shape index (κ2) is 6.09. The van der Waals surface area contributed by atoms with Crippen LogP contribution in [-0.2, 0) is 10.0 Å². The van der Waals surface area contributed by atoms with Crippen molar-refractivity contribution in [3.8, 4) is 0 Å². The molecule has 0 atom stereocenters. The molecule has 0 aliphatic heterocycles. The first-order valence-electron chi connectivity index (χ1n) is 7.01. The molecule has 122 valence electrons. The van der Waals surface area contributed by atoms with Gasteiger partial charge in [-0.3, -0.25) is 0 Å². The number of rotatable bonds is 6. The van der Waals surface area contributed by atoms with E-state index in [4.69, 9.17) is 5.73 Å². The second-order valence-corrected chi connectivity index (χ2v) is 7.16. The van der Waals surface area contributed by atoms with Gasteiger partial charge >= 0.3 is 0 Å². The first-order valence-corrected chi connectivity index (χ1v) is 8.90. The summed E-state index contributed by atoms with van der Waals surface area (Å²) in [4.78, 5) is 8.74. The Kier molecular flexibility index (Phi) is 4.57. The molecule has 0 aromatic carbocycles. The van der Waals surface area contributed by atoms with Crippen molar-refractivity contribution >= 4 is 26.9 Å². The van der Waals surface area contributed by atoms with E-state index < -0.39 is 10.0 Å². The van der Waals surface area contributed by atoms with Crippen LogP contribution in [0.4, 0.5) is 5.82 Å². The molecule has 2 heterocycles. The van der Waals surface area contributed by atoms with Gasteiger partial charge in [0.1, 0.15) is 11.3 Å². The van der Waals surface area contributed by atoms with E-state index in [1.54, 1.807) is 0 Å². The first-order chi connectivity index (χ1) is 10.2. The minimum atomic E-state index is -3.14. The number of nitrogens with one attached hydrogen (secondary N) is 2. The maximum Gasteiger partial charge on any atom is 0.208 e. The fourth-order valence-electron chi connectivity index (χ4n) is 2.28. The molecule has 9 heteroatoms. The number of nitrogen functional groups attached to an aromatic ring is 1. The van der Waals surface area contributed by atoms with Crippen molar-refractivity contribution in [2.75, 3.05) is 30.5 Å². The summed E-state index contributed by atoms with van der Waals surface area (Å²) in [5, 5.41) is 0. The molecule has 2 rings (SSSR count). The van der Waals surface area contributed by atoms with Crippen LogP contribution in [0.25, 0.3) is 11.0 Å². The van der Waals surface area contributed by atoms with Gasteiger partial charge in [-0.2, -0.15) is 0 Å². The summed E-state index contributed by atoms with van der Waals surface area (Å²) in [6.07, 6.45) is 1.81. The molecular weight excluding hydrogens is 304 g/mol. The maximum atomic E-state index is 11.0. The van der Waals surface area contributed by atoms with Crippen LogP contribution in [0.1, 0.15) is 23.5 Å². The van der Waals surface area contributed by atoms with Gasteiger partial charge in [-0.1, -0.05) is 0 Å². The third kappa shape index (κ3) is 3.47. The molecule has 8 nitrogen and oxygen atoms in total. The number of aryl methyl sites for hydroxylation is 3. The summed E-state index contributed by atoms with van der Waals surface area (Å²) in [6, 6.07) is 0. The summed E-state index contributed by atoms with van der Waals surface area (Å²) < 4.78 is 26.4. The zero-order valence-electron chi connectivity index (χ0n) is 13.3. The molecule has 0 saturated heterocycles. The lowest BCUT2D eigenvalue weighted by atomic mass is 10.2. The van der Waals surface area contributed by atoms with Gasteiger partial charge < -0.3 is 11.2 Å². The molecule has 0 amide bonds. The number of aromatic nitrogens is 3. The minimum absolute atomic E-state index is 0.388. The molecule has 0 radical (unpaired) electrons. The average molecular weight is 326 g/mol. The summed E-state index contributed by atoms with van der Waals surface area (Å²) in [6.45, 7) is 6.77. The van der Waals surface area contributed by atoms with E-state index in [0.29, 0.717) is 30.8 Å². The lowest BCUT2D eigenvalue weighted by Crippen LogP contribution is -2.26. The third-order valence-corrected chi connectivity index (χ3v) is 4.19. The normalized spacial score (nSPS) is 12.0. The highest BCUT2D eigenvalue weighted by Crippen LogP contribution is 2.24. The topological polar surface area (TPSA) is 115 Å². The van der Waals surface area contributed by atoms with Crippen LogP contribution in [0.15, 0.2) is 0 Å². The Balaban J connectivity index is 2.16. The molecule has 0 spiro atoms. The molecule has 0 bridgehead atoms. The summed E-state index contributed by atoms with van der Waals surface area (Å²) in [7, 11) is -3.14. The van der Waals surface area contributed by atoms with Gasteiger partial charge in [0, 0.05) is 18.8 Å². The number of hydrogen-bond acceptors (Lipinski definition) is 6. The van der Waals surface area contributed by atoms with Crippen LogP contribution in [0.5, 0.6) is 0 Å². The van der Waals surface area contributed by atoms with Crippen LogP contribution in [-0.4, -0.2) is 42.4 Å². The highest BCUT2D eigenvalue weighted by Gasteiger charge is 2.15. The predicted molar refractivity (Wildman–Crippen MR) is 87.8 cm³/mol. The van der Waals surface area contributed by atoms with Gasteiger partial charge in [0.25, 0.3) is 0 Å². The highest BCUT2D eigenvalue weighted by molar-refractivity contribution is 7.88. The number of hydrogen-bond donors (Lipinski definition) is 3. The smallest absolute Gasteiger partial charge is 0.208 e. The van der Waals surface area contributed by atoms with Crippen molar-refractivity contribution in [2.45, 2.75) is 27.2 Å². The Hall–Kier alpha value is -1.87. The van der Waals surface area contributed by atoms with E-state index in [-0.39, 0.29) is 0 Å². The molecule has 2 aromatic rings. The van der Waals surface area contributed by atoms with Gasteiger partial charge in [0.15, 0.2) is 5.82 Å². The molecule has 0 aliphatic rings. The summed E-state index contributed by atoms with van der Waals surface area (Å²) >= 11 is 0. The average Bonchev–Trinajstić information content (AvgIpc) is 2.72. The third-order valence-electron chi connectivity index (χ3n) is 3.46. The number of nitrogens with zero attached hydrogens (tertiary/aromatic N) is 3. The SMILES string of the molecule is Cc1nc(N)c2nc(C)n(NCCCNS(C)(=O)=O)c2c1C. The van der Waals surface area contributed by atoms with Crippen molar-refractivity contribution < 1.29 is 8.42 Å². The lowest BCUT2D eigenvalue weighted by molar-refractivity contribution is 0.585. The Labute approximate surface area is 130 Å². The fraction of sp³-hybridized carbons (Fsp3) is 0.538. The van der Waals surface area contributed by atoms with E-state index >= 15 is 0 Å². The van der Waals surface area contributed by atoms with Gasteiger partial charge in [-0.15, -0.1) is 0 Å². The lowest BCUT2D eigenvalue weighted by Gasteiger charge is -2.13. The quantitative estimate of drug-likeness (QED) is 0.663. The Morgan fingerprint density at radius 1 is 1.18 bits per heavy atom. The number of imidazole rings is 1. The Bertz CT molecular complexity index is 797. The van der Waals surface area contributed by atoms with Crippen molar-refractivity contribution in [3.05, 3.63) is 17.1 Å². The minimum Gasteiger partial charge on any atom is -0.382 e. The maximum absolute atomic E-state index is 11.0. The number of nitrogens with two attached hydrogens (primary N) is 1. The number of anilines is 1. The number of fused-ring (bicyclic) bond motifs is 1. The van der Waals surface area contributed by atoms with Crippen LogP contribution in [0, 0.1) is 20.8 Å². The van der Waals surface area contributed by atoms with Gasteiger partial charge in [0.05, 0.1) is 11.8 Å². The first kappa shape index (κ1) is 16.5. The van der Waals surface area contributed by atoms with Crippen molar-refractivity contribution in [3.63, 3.8) is 0 Å². The number of pyridine rings is 1. The summed E-state index contributed by atoms with van der Waals surface area (Å²) in [5.41, 5.74) is 12.7. The van der Waals surface area contributed by atoms with E-state index in [0.717, 1.165) is 28.9 Å². The van der Waals surface area contributed by atoms with Gasteiger partial charge in [-0.25, -0.2) is 27.8 Å². The van der Waals surface area contributed by atoms with Gasteiger partial charge in [0.2, 0.25) is 10.0 Å². The predicted octanol–water partition coefficient (Wildman–Crippen LogP) is 0.422. The zero-order chi connectivity index (χ0) is 16.5. The molecule has 0 aliphatic carbocycles. The monoisotopic (exact) mass is 326 g/mol. The molecule has 0 fully saturated rings. The van der Waals surface area contributed by atoms with E-state index in [9.17, 15) is 8.42 Å². The molecular formula is C13H22N6O2S. The Morgan fingerprint density at radius 2 is 1.86 bits per heavy atom. The second-order valence-electron chi connectivity index (χ2n) is 5.33. The Morgan fingerprint density at radius 3 is 2.50 bits per heavy atom. The zero-order valence-corrected chi connectivity index (χ0v) is 14.1. The molecule has 22 heavy (non-hydrogen) atoms. The molecule has 4 N–H and O–H groups in total. The largest absolute Gasteiger partial charge is 0.382 e. The highest BCUT2D eigenvalue weighted by atomic mass is 32.2. The van der Waals surface area contributed by atoms with Crippen LogP contribution >= 0.6 is 0 Å². The van der Waals surface area contributed by atoms with Crippen molar-refractivity contribution in [1.29, 1.82) is 0 Å². The van der Waals surface area contributed by atoms with Crippen molar-refractivity contribution in [2.24, 2.45) is 0 Å². The van der Waals surface area contributed by atoms with Crippen molar-refractivity contribution in [1.82, 2.24) is 19.4 Å². The van der Waals surface area contributed by atoms with E-state index in [1.807, 2.05) is 25.4 Å². The number of sulfonamides is 1. The van der Waals surface area contributed by atoms with Crippen LogP contribution < -0.4 is 15.9 Å².